The minimum Gasteiger partial charge on any atom is -0.372 e. The van der Waals surface area contributed by atoms with Crippen molar-refractivity contribution >= 4 is 11.3 Å². The maximum absolute atomic E-state index is 5.89. The quantitative estimate of drug-likeness (QED) is 0.835. The van der Waals surface area contributed by atoms with Crippen LogP contribution in [-0.2, 0) is 4.74 Å². The van der Waals surface area contributed by atoms with Gasteiger partial charge in [-0.3, -0.25) is 0 Å². The predicted octanol–water partition coefficient (Wildman–Crippen LogP) is 2.97. The van der Waals surface area contributed by atoms with E-state index in [1.165, 1.54) is 5.56 Å². The molecule has 0 saturated carbocycles. The standard InChI is InChI=1S/C12H19NOS/c1-3-12(2)5-6-14-11(8-13-12)10-4-7-15-9-10/h4,7,9,11,13H,3,5-6,8H2,1-2H3. The molecular formula is C12H19NOS. The molecule has 0 amide bonds. The van der Waals surface area contributed by atoms with Crippen molar-refractivity contribution in [1.82, 2.24) is 5.32 Å². The van der Waals surface area contributed by atoms with Crippen LogP contribution in [0.4, 0.5) is 0 Å². The van der Waals surface area contributed by atoms with Gasteiger partial charge in [-0.25, -0.2) is 0 Å². The Morgan fingerprint density at radius 3 is 3.20 bits per heavy atom. The lowest BCUT2D eigenvalue weighted by molar-refractivity contribution is 0.0656. The minimum absolute atomic E-state index is 0.240. The zero-order valence-corrected chi connectivity index (χ0v) is 10.3. The monoisotopic (exact) mass is 225 g/mol. The normalized spacial score (nSPS) is 32.5. The number of hydrogen-bond acceptors (Lipinski definition) is 3. The van der Waals surface area contributed by atoms with Crippen LogP contribution in [0.15, 0.2) is 16.8 Å². The Balaban J connectivity index is 2.02. The number of ether oxygens (including phenoxy) is 1. The fourth-order valence-electron chi connectivity index (χ4n) is 1.89. The second-order valence-electron chi connectivity index (χ2n) is 4.46. The van der Waals surface area contributed by atoms with Gasteiger partial charge in [0.05, 0.1) is 6.10 Å². The zero-order chi connectivity index (χ0) is 10.7. The number of thiophene rings is 1. The van der Waals surface area contributed by atoms with Gasteiger partial charge in [0.25, 0.3) is 0 Å². The average Bonchev–Trinajstić information content (AvgIpc) is 2.70. The van der Waals surface area contributed by atoms with E-state index in [-0.39, 0.29) is 11.6 Å². The van der Waals surface area contributed by atoms with E-state index in [2.05, 4.69) is 36.0 Å². The summed E-state index contributed by atoms with van der Waals surface area (Å²) in [5.41, 5.74) is 1.57. The molecule has 0 aromatic carbocycles. The summed E-state index contributed by atoms with van der Waals surface area (Å²) in [7, 11) is 0. The number of nitrogens with one attached hydrogen (secondary N) is 1. The first-order valence-electron chi connectivity index (χ1n) is 5.62. The van der Waals surface area contributed by atoms with Gasteiger partial charge in [0.15, 0.2) is 0 Å². The van der Waals surface area contributed by atoms with E-state index in [1.54, 1.807) is 11.3 Å². The Kier molecular flexibility index (Phi) is 3.44. The van der Waals surface area contributed by atoms with E-state index < -0.39 is 0 Å². The fourth-order valence-corrected chi connectivity index (χ4v) is 2.59. The summed E-state index contributed by atoms with van der Waals surface area (Å²) in [6.07, 6.45) is 2.50. The van der Waals surface area contributed by atoms with Crippen LogP contribution in [-0.4, -0.2) is 18.7 Å². The van der Waals surface area contributed by atoms with E-state index in [9.17, 15) is 0 Å². The van der Waals surface area contributed by atoms with Gasteiger partial charge in [0, 0.05) is 18.7 Å². The van der Waals surface area contributed by atoms with Crippen molar-refractivity contribution in [2.24, 2.45) is 0 Å². The molecule has 2 unspecified atom stereocenters. The highest BCUT2D eigenvalue weighted by Gasteiger charge is 2.27. The van der Waals surface area contributed by atoms with Crippen molar-refractivity contribution in [2.45, 2.75) is 38.3 Å². The second kappa shape index (κ2) is 4.64. The van der Waals surface area contributed by atoms with Crippen LogP contribution < -0.4 is 5.32 Å². The van der Waals surface area contributed by atoms with Gasteiger partial charge in [0.2, 0.25) is 0 Å². The smallest absolute Gasteiger partial charge is 0.0957 e. The van der Waals surface area contributed by atoms with Gasteiger partial charge in [-0.15, -0.1) is 0 Å². The topological polar surface area (TPSA) is 21.3 Å². The van der Waals surface area contributed by atoms with Crippen LogP contribution in [0.5, 0.6) is 0 Å². The van der Waals surface area contributed by atoms with E-state index in [4.69, 9.17) is 4.74 Å². The molecule has 1 N–H and O–H groups in total. The maximum atomic E-state index is 5.89. The second-order valence-corrected chi connectivity index (χ2v) is 5.24. The first kappa shape index (κ1) is 11.1. The van der Waals surface area contributed by atoms with E-state index >= 15 is 0 Å². The van der Waals surface area contributed by atoms with Crippen molar-refractivity contribution in [3.05, 3.63) is 22.4 Å². The maximum Gasteiger partial charge on any atom is 0.0957 e. The largest absolute Gasteiger partial charge is 0.372 e. The zero-order valence-electron chi connectivity index (χ0n) is 9.45. The van der Waals surface area contributed by atoms with Crippen LogP contribution in [0.3, 0.4) is 0 Å². The molecule has 2 atom stereocenters. The fraction of sp³-hybridized carbons (Fsp3) is 0.667. The van der Waals surface area contributed by atoms with Crippen LogP contribution in [0.1, 0.15) is 38.4 Å². The summed E-state index contributed by atoms with van der Waals surface area (Å²) in [5.74, 6) is 0. The average molecular weight is 225 g/mol. The molecule has 3 heteroatoms. The molecule has 1 saturated heterocycles. The molecule has 0 spiro atoms. The summed E-state index contributed by atoms with van der Waals surface area (Å²) < 4.78 is 5.89. The van der Waals surface area contributed by atoms with Crippen LogP contribution in [0, 0.1) is 0 Å². The lowest BCUT2D eigenvalue weighted by Gasteiger charge is -2.27. The third-order valence-electron chi connectivity index (χ3n) is 3.38. The Bertz CT molecular complexity index is 299. The predicted molar refractivity (Wildman–Crippen MR) is 64.3 cm³/mol. The third-order valence-corrected chi connectivity index (χ3v) is 4.08. The summed E-state index contributed by atoms with van der Waals surface area (Å²) in [5, 5.41) is 7.92. The first-order valence-corrected chi connectivity index (χ1v) is 6.56. The van der Waals surface area contributed by atoms with Crippen LogP contribution in [0.2, 0.25) is 0 Å². The molecular weight excluding hydrogens is 206 g/mol. The number of rotatable bonds is 2. The van der Waals surface area contributed by atoms with Gasteiger partial charge in [-0.2, -0.15) is 11.3 Å². The summed E-state index contributed by atoms with van der Waals surface area (Å²) in [6.45, 7) is 6.31. The lowest BCUT2D eigenvalue weighted by atomic mass is 9.95. The van der Waals surface area contributed by atoms with Gasteiger partial charge >= 0.3 is 0 Å². The summed E-state index contributed by atoms with van der Waals surface area (Å²) in [4.78, 5) is 0. The van der Waals surface area contributed by atoms with Crippen molar-refractivity contribution < 1.29 is 4.74 Å². The van der Waals surface area contributed by atoms with E-state index in [1.807, 2.05) is 0 Å². The van der Waals surface area contributed by atoms with Crippen LogP contribution in [0.25, 0.3) is 0 Å². The van der Waals surface area contributed by atoms with Crippen molar-refractivity contribution in [2.75, 3.05) is 13.2 Å². The molecule has 1 fully saturated rings. The molecule has 0 aliphatic carbocycles. The molecule has 2 rings (SSSR count). The molecule has 84 valence electrons. The Morgan fingerprint density at radius 1 is 1.67 bits per heavy atom. The summed E-state index contributed by atoms with van der Waals surface area (Å²) >= 11 is 1.74. The van der Waals surface area contributed by atoms with E-state index in [0.29, 0.717) is 0 Å². The molecule has 1 aromatic rings. The molecule has 0 bridgehead atoms. The molecule has 1 aromatic heterocycles. The Hall–Kier alpha value is -0.380. The van der Waals surface area contributed by atoms with Gasteiger partial charge in [0.1, 0.15) is 0 Å². The minimum atomic E-state index is 0.240. The molecule has 2 heterocycles. The molecule has 1 aliphatic heterocycles. The van der Waals surface area contributed by atoms with Crippen molar-refractivity contribution in [3.63, 3.8) is 0 Å². The van der Waals surface area contributed by atoms with Gasteiger partial charge in [-0.1, -0.05) is 6.92 Å². The van der Waals surface area contributed by atoms with Gasteiger partial charge in [-0.05, 0) is 42.2 Å². The van der Waals surface area contributed by atoms with Crippen molar-refractivity contribution in [1.29, 1.82) is 0 Å². The first-order chi connectivity index (χ1) is 7.23. The highest BCUT2D eigenvalue weighted by molar-refractivity contribution is 7.07. The summed E-state index contributed by atoms with van der Waals surface area (Å²) in [6, 6.07) is 2.16. The molecule has 2 nitrogen and oxygen atoms in total. The highest BCUT2D eigenvalue weighted by Crippen LogP contribution is 2.26. The molecule has 1 aliphatic rings. The SMILES string of the molecule is CCC1(C)CCOC(c2ccsc2)CN1. The van der Waals surface area contributed by atoms with Crippen LogP contribution >= 0.6 is 11.3 Å². The van der Waals surface area contributed by atoms with E-state index in [0.717, 1.165) is 26.0 Å². The Labute approximate surface area is 95.6 Å². The Morgan fingerprint density at radius 2 is 2.53 bits per heavy atom. The molecule has 15 heavy (non-hydrogen) atoms. The lowest BCUT2D eigenvalue weighted by Crippen LogP contribution is -2.42. The third kappa shape index (κ3) is 2.60. The van der Waals surface area contributed by atoms with Gasteiger partial charge < -0.3 is 10.1 Å². The number of hydrogen-bond donors (Lipinski definition) is 1. The highest BCUT2D eigenvalue weighted by atomic mass is 32.1. The molecule has 0 radical (unpaired) electrons. The van der Waals surface area contributed by atoms with Crippen molar-refractivity contribution in [3.8, 4) is 0 Å².